The van der Waals surface area contributed by atoms with Gasteiger partial charge in [0.25, 0.3) is 0 Å². The van der Waals surface area contributed by atoms with Crippen molar-refractivity contribution < 1.29 is 13.2 Å². The zero-order valence-electron chi connectivity index (χ0n) is 13.0. The molecular formula is C15H18F3N5. The van der Waals surface area contributed by atoms with Crippen LogP contribution in [0.2, 0.25) is 0 Å². The Morgan fingerprint density at radius 3 is 2.74 bits per heavy atom. The number of halogens is 3. The molecule has 0 aliphatic carbocycles. The van der Waals surface area contributed by atoms with Crippen molar-refractivity contribution in [1.82, 2.24) is 19.7 Å². The first-order valence-electron chi connectivity index (χ1n) is 7.52. The van der Waals surface area contributed by atoms with E-state index in [4.69, 9.17) is 0 Å². The third-order valence-electron chi connectivity index (χ3n) is 4.05. The van der Waals surface area contributed by atoms with Crippen molar-refractivity contribution in [2.75, 3.05) is 11.4 Å². The van der Waals surface area contributed by atoms with Crippen molar-refractivity contribution in [3.63, 3.8) is 0 Å². The maximum atomic E-state index is 12.8. The van der Waals surface area contributed by atoms with E-state index in [1.807, 2.05) is 29.5 Å². The molecule has 23 heavy (non-hydrogen) atoms. The van der Waals surface area contributed by atoms with E-state index >= 15 is 0 Å². The molecule has 0 unspecified atom stereocenters. The Morgan fingerprint density at radius 2 is 2.09 bits per heavy atom. The second-order valence-electron chi connectivity index (χ2n) is 5.84. The SMILES string of the molecule is Cc1cc(C)n(C[C@@H]2CCCN2c2nccc(C(F)(F)F)n2)n1. The summed E-state index contributed by atoms with van der Waals surface area (Å²) < 4.78 is 40.4. The van der Waals surface area contributed by atoms with Crippen LogP contribution in [0.15, 0.2) is 18.3 Å². The minimum absolute atomic E-state index is 0.0523. The molecular weight excluding hydrogens is 307 g/mol. The van der Waals surface area contributed by atoms with Crippen LogP contribution in [0.3, 0.4) is 0 Å². The highest BCUT2D eigenvalue weighted by Gasteiger charge is 2.34. The molecule has 0 spiro atoms. The number of hydrogen-bond acceptors (Lipinski definition) is 4. The fraction of sp³-hybridized carbons (Fsp3) is 0.533. The van der Waals surface area contributed by atoms with E-state index in [0.29, 0.717) is 13.1 Å². The van der Waals surface area contributed by atoms with Crippen molar-refractivity contribution in [2.45, 2.75) is 45.5 Å². The monoisotopic (exact) mass is 325 g/mol. The second kappa shape index (κ2) is 5.82. The minimum Gasteiger partial charge on any atom is -0.336 e. The maximum Gasteiger partial charge on any atom is 0.433 e. The second-order valence-corrected chi connectivity index (χ2v) is 5.84. The molecule has 8 heteroatoms. The van der Waals surface area contributed by atoms with Gasteiger partial charge in [0.2, 0.25) is 5.95 Å². The smallest absolute Gasteiger partial charge is 0.336 e. The number of aryl methyl sites for hydroxylation is 2. The van der Waals surface area contributed by atoms with E-state index < -0.39 is 11.9 Å². The molecule has 0 saturated carbocycles. The predicted molar refractivity (Wildman–Crippen MR) is 79.1 cm³/mol. The molecule has 0 aromatic carbocycles. The largest absolute Gasteiger partial charge is 0.433 e. The zero-order valence-corrected chi connectivity index (χ0v) is 13.0. The molecule has 1 aliphatic heterocycles. The van der Waals surface area contributed by atoms with E-state index in [9.17, 15) is 13.2 Å². The Bertz CT molecular complexity index is 695. The van der Waals surface area contributed by atoms with Crippen LogP contribution in [0.4, 0.5) is 19.1 Å². The van der Waals surface area contributed by atoms with Gasteiger partial charge in [-0.2, -0.15) is 18.3 Å². The Morgan fingerprint density at radius 1 is 1.30 bits per heavy atom. The van der Waals surface area contributed by atoms with Crippen molar-refractivity contribution in [3.05, 3.63) is 35.4 Å². The lowest BCUT2D eigenvalue weighted by Crippen LogP contribution is -2.35. The third-order valence-corrected chi connectivity index (χ3v) is 4.05. The Kier molecular flexibility index (Phi) is 3.99. The van der Waals surface area contributed by atoms with E-state index in [0.717, 1.165) is 30.3 Å². The number of anilines is 1. The van der Waals surface area contributed by atoms with Crippen LogP contribution < -0.4 is 4.90 Å². The summed E-state index contributed by atoms with van der Waals surface area (Å²) in [5.74, 6) is 0.142. The molecule has 1 saturated heterocycles. The van der Waals surface area contributed by atoms with Crippen LogP contribution >= 0.6 is 0 Å². The standard InChI is InChI=1S/C15H18F3N5/c1-10-8-11(2)23(21-10)9-12-4-3-7-22(12)14-19-6-5-13(20-14)15(16,17)18/h5-6,8,12H,3-4,7,9H2,1-2H3/t12-/m0/s1. The first kappa shape index (κ1) is 15.8. The summed E-state index contributed by atoms with van der Waals surface area (Å²) in [7, 11) is 0. The topological polar surface area (TPSA) is 46.8 Å². The predicted octanol–water partition coefficient (Wildman–Crippen LogP) is 2.98. The van der Waals surface area contributed by atoms with Crippen molar-refractivity contribution in [1.29, 1.82) is 0 Å². The highest BCUT2D eigenvalue weighted by Crippen LogP contribution is 2.30. The van der Waals surface area contributed by atoms with Crippen molar-refractivity contribution in [2.24, 2.45) is 0 Å². The van der Waals surface area contributed by atoms with Gasteiger partial charge >= 0.3 is 6.18 Å². The number of hydrogen-bond donors (Lipinski definition) is 0. The lowest BCUT2D eigenvalue weighted by Gasteiger charge is -2.25. The third kappa shape index (κ3) is 3.30. The first-order valence-corrected chi connectivity index (χ1v) is 7.52. The van der Waals surface area contributed by atoms with Gasteiger partial charge in [-0.3, -0.25) is 4.68 Å². The summed E-state index contributed by atoms with van der Waals surface area (Å²) >= 11 is 0. The van der Waals surface area contributed by atoms with Crippen LogP contribution in [0.25, 0.3) is 0 Å². The molecule has 3 rings (SSSR count). The number of alkyl halides is 3. The summed E-state index contributed by atoms with van der Waals surface area (Å²) in [4.78, 5) is 9.60. The Balaban J connectivity index is 1.83. The average Bonchev–Trinajstić information content (AvgIpc) is 3.05. The molecule has 1 aliphatic rings. The van der Waals surface area contributed by atoms with Gasteiger partial charge < -0.3 is 4.90 Å². The molecule has 124 valence electrons. The van der Waals surface area contributed by atoms with Gasteiger partial charge in [0.1, 0.15) is 5.69 Å². The normalized spacial score (nSPS) is 18.7. The highest BCUT2D eigenvalue weighted by atomic mass is 19.4. The summed E-state index contributed by atoms with van der Waals surface area (Å²) in [6.45, 7) is 5.18. The van der Waals surface area contributed by atoms with Gasteiger partial charge in [-0.15, -0.1) is 0 Å². The average molecular weight is 325 g/mol. The van der Waals surface area contributed by atoms with E-state index in [1.165, 1.54) is 6.20 Å². The Labute approximate surface area is 132 Å². The molecule has 0 bridgehead atoms. The van der Waals surface area contributed by atoms with Crippen molar-refractivity contribution in [3.8, 4) is 0 Å². The highest BCUT2D eigenvalue weighted by molar-refractivity contribution is 5.34. The van der Waals surface area contributed by atoms with Crippen LogP contribution in [0, 0.1) is 13.8 Å². The fourth-order valence-corrected chi connectivity index (χ4v) is 2.99. The quantitative estimate of drug-likeness (QED) is 0.870. The molecule has 3 heterocycles. The van der Waals surface area contributed by atoms with Crippen LogP contribution in [-0.2, 0) is 12.7 Å². The maximum absolute atomic E-state index is 12.8. The lowest BCUT2D eigenvalue weighted by atomic mass is 10.2. The van der Waals surface area contributed by atoms with Crippen molar-refractivity contribution >= 4 is 5.95 Å². The van der Waals surface area contributed by atoms with Gasteiger partial charge in [-0.25, -0.2) is 9.97 Å². The summed E-state index contributed by atoms with van der Waals surface area (Å²) in [5, 5.41) is 4.43. The first-order chi connectivity index (χ1) is 10.8. The zero-order chi connectivity index (χ0) is 16.6. The van der Waals surface area contributed by atoms with Crippen LogP contribution in [0.5, 0.6) is 0 Å². The van der Waals surface area contributed by atoms with E-state index in [1.54, 1.807) is 0 Å². The molecule has 0 N–H and O–H groups in total. The lowest BCUT2D eigenvalue weighted by molar-refractivity contribution is -0.141. The van der Waals surface area contributed by atoms with Gasteiger partial charge in [0, 0.05) is 18.4 Å². The number of aromatic nitrogens is 4. The van der Waals surface area contributed by atoms with E-state index in [2.05, 4.69) is 15.1 Å². The molecule has 5 nitrogen and oxygen atoms in total. The molecule has 0 radical (unpaired) electrons. The van der Waals surface area contributed by atoms with Gasteiger partial charge in [0.15, 0.2) is 0 Å². The summed E-state index contributed by atoms with van der Waals surface area (Å²) in [6.07, 6.45) is -1.49. The molecule has 2 aromatic rings. The van der Waals surface area contributed by atoms with Gasteiger partial charge in [-0.05, 0) is 38.8 Å². The van der Waals surface area contributed by atoms with Crippen LogP contribution in [0.1, 0.15) is 29.9 Å². The molecule has 2 aromatic heterocycles. The van der Waals surface area contributed by atoms with Gasteiger partial charge in [0.05, 0.1) is 18.3 Å². The fourth-order valence-electron chi connectivity index (χ4n) is 2.99. The molecule has 0 amide bonds. The van der Waals surface area contributed by atoms with Gasteiger partial charge in [-0.1, -0.05) is 0 Å². The Hall–Kier alpha value is -2.12. The summed E-state index contributed by atoms with van der Waals surface area (Å²) in [6, 6.07) is 2.94. The van der Waals surface area contributed by atoms with Crippen LogP contribution in [-0.4, -0.2) is 32.3 Å². The number of nitrogens with zero attached hydrogens (tertiary/aromatic N) is 5. The molecule has 1 fully saturated rings. The van der Waals surface area contributed by atoms with E-state index in [-0.39, 0.29) is 12.0 Å². The minimum atomic E-state index is -4.46. The molecule has 1 atom stereocenters. The summed E-state index contributed by atoms with van der Waals surface area (Å²) in [5.41, 5.74) is 1.07. The number of rotatable bonds is 3.